The van der Waals surface area contributed by atoms with Crippen LogP contribution in [0.1, 0.15) is 0 Å². The predicted molar refractivity (Wildman–Crippen MR) is 73.1 cm³/mol. The van der Waals surface area contributed by atoms with Crippen LogP contribution in [0.3, 0.4) is 0 Å². The Labute approximate surface area is 111 Å². The Morgan fingerprint density at radius 2 is 1.55 bits per heavy atom. The lowest BCUT2D eigenvalue weighted by atomic mass is 10.1. The molecule has 0 saturated heterocycles. The fourth-order valence-electron chi connectivity index (χ4n) is 2.37. The molecular formula is C15H8O5. The van der Waals surface area contributed by atoms with Crippen LogP contribution in [0.5, 0.6) is 11.5 Å². The van der Waals surface area contributed by atoms with E-state index >= 15 is 0 Å². The summed E-state index contributed by atoms with van der Waals surface area (Å²) in [5, 5.41) is 20.2. The normalized spacial score (nSPS) is 11.6. The molecule has 4 aromatic rings. The van der Waals surface area contributed by atoms with Crippen molar-refractivity contribution < 1.29 is 19.0 Å². The lowest BCUT2D eigenvalue weighted by molar-refractivity contribution is 0.457. The largest absolute Gasteiger partial charge is 0.507 e. The fourth-order valence-corrected chi connectivity index (χ4v) is 2.37. The van der Waals surface area contributed by atoms with Gasteiger partial charge in [-0.1, -0.05) is 12.1 Å². The van der Waals surface area contributed by atoms with Crippen LogP contribution in [0, 0.1) is 0 Å². The Kier molecular flexibility index (Phi) is 1.93. The number of hydrogen-bond acceptors (Lipinski definition) is 5. The second kappa shape index (κ2) is 3.54. The monoisotopic (exact) mass is 268 g/mol. The summed E-state index contributed by atoms with van der Waals surface area (Å²) < 4.78 is 11.1. The molecule has 0 saturated carbocycles. The maximum Gasteiger partial charge on any atom is 0.239 e. The van der Waals surface area contributed by atoms with Gasteiger partial charge in [0.2, 0.25) is 11.0 Å². The van der Waals surface area contributed by atoms with Gasteiger partial charge < -0.3 is 19.0 Å². The Balaban J connectivity index is 2.38. The summed E-state index contributed by atoms with van der Waals surface area (Å²) in [6.45, 7) is 0. The number of phenols is 2. The number of aromatic hydroxyl groups is 2. The zero-order chi connectivity index (χ0) is 13.9. The third kappa shape index (κ3) is 1.23. The van der Waals surface area contributed by atoms with Gasteiger partial charge >= 0.3 is 0 Å². The molecule has 0 amide bonds. The van der Waals surface area contributed by atoms with Crippen molar-refractivity contribution in [3.63, 3.8) is 0 Å². The SMILES string of the molecule is O=c1c2oc3ccccc3c2oc2c(O)ccc(O)c12. The van der Waals surface area contributed by atoms with Gasteiger partial charge in [0, 0.05) is 0 Å². The van der Waals surface area contributed by atoms with E-state index in [2.05, 4.69) is 0 Å². The van der Waals surface area contributed by atoms with Gasteiger partial charge in [0.25, 0.3) is 0 Å². The lowest BCUT2D eigenvalue weighted by Crippen LogP contribution is -2.00. The number of rotatable bonds is 0. The first-order valence-corrected chi connectivity index (χ1v) is 5.96. The van der Waals surface area contributed by atoms with E-state index in [1.54, 1.807) is 24.3 Å². The molecule has 0 bridgehead atoms. The van der Waals surface area contributed by atoms with Gasteiger partial charge in [-0.2, -0.15) is 0 Å². The molecule has 0 unspecified atom stereocenters. The van der Waals surface area contributed by atoms with Gasteiger partial charge in [0.15, 0.2) is 16.9 Å². The Morgan fingerprint density at radius 3 is 2.40 bits per heavy atom. The van der Waals surface area contributed by atoms with Gasteiger partial charge in [-0.05, 0) is 24.3 Å². The van der Waals surface area contributed by atoms with Crippen LogP contribution in [-0.4, -0.2) is 10.2 Å². The van der Waals surface area contributed by atoms with E-state index < -0.39 is 5.43 Å². The van der Waals surface area contributed by atoms with Crippen LogP contribution in [-0.2, 0) is 0 Å². The predicted octanol–water partition coefficient (Wildman–Crippen LogP) is 3.10. The van der Waals surface area contributed by atoms with Crippen molar-refractivity contribution in [1.29, 1.82) is 0 Å². The minimum Gasteiger partial charge on any atom is -0.507 e. The summed E-state index contributed by atoms with van der Waals surface area (Å²) in [5.74, 6) is -0.462. The Morgan fingerprint density at radius 1 is 0.800 bits per heavy atom. The highest BCUT2D eigenvalue weighted by Crippen LogP contribution is 2.35. The van der Waals surface area contributed by atoms with Gasteiger partial charge in [-0.3, -0.25) is 4.79 Å². The average Bonchev–Trinajstić information content (AvgIpc) is 2.82. The van der Waals surface area contributed by atoms with Crippen LogP contribution in [0.4, 0.5) is 0 Å². The highest BCUT2D eigenvalue weighted by atomic mass is 16.4. The van der Waals surface area contributed by atoms with Crippen molar-refractivity contribution in [2.45, 2.75) is 0 Å². The van der Waals surface area contributed by atoms with E-state index in [1.165, 1.54) is 12.1 Å². The molecule has 5 heteroatoms. The summed E-state index contributed by atoms with van der Waals surface area (Å²) >= 11 is 0. The van der Waals surface area contributed by atoms with Gasteiger partial charge in [0.1, 0.15) is 16.7 Å². The van der Waals surface area contributed by atoms with E-state index in [-0.39, 0.29) is 33.6 Å². The van der Waals surface area contributed by atoms with Crippen molar-refractivity contribution in [1.82, 2.24) is 0 Å². The van der Waals surface area contributed by atoms with Crippen molar-refractivity contribution in [2.24, 2.45) is 0 Å². The lowest BCUT2D eigenvalue weighted by Gasteiger charge is -2.01. The summed E-state index contributed by atoms with van der Waals surface area (Å²) in [7, 11) is 0. The molecule has 0 spiro atoms. The third-order valence-corrected chi connectivity index (χ3v) is 3.30. The van der Waals surface area contributed by atoms with Gasteiger partial charge in [0.05, 0.1) is 5.39 Å². The molecule has 0 aliphatic carbocycles. The summed E-state index contributed by atoms with van der Waals surface area (Å²) in [4.78, 5) is 12.4. The first-order valence-electron chi connectivity index (χ1n) is 5.96. The molecular weight excluding hydrogens is 260 g/mol. The summed E-state index contributed by atoms with van der Waals surface area (Å²) in [5.41, 5.74) is 0.246. The van der Waals surface area contributed by atoms with Crippen LogP contribution >= 0.6 is 0 Å². The molecule has 0 aliphatic rings. The molecule has 2 N–H and O–H groups in total. The number of phenolic OH excluding ortho intramolecular Hbond substituents is 2. The highest BCUT2D eigenvalue weighted by Gasteiger charge is 2.19. The first-order chi connectivity index (χ1) is 9.66. The standard InChI is InChI=1S/C15H8O5/c16-8-5-6-9(17)14-11(8)12(18)15-13(20-14)7-3-1-2-4-10(7)19-15/h1-6,16-17H. The molecule has 2 aromatic heterocycles. The average molecular weight is 268 g/mol. The number of benzene rings is 2. The second-order valence-corrected chi connectivity index (χ2v) is 4.50. The Bertz CT molecular complexity index is 1040. The smallest absolute Gasteiger partial charge is 0.239 e. The molecule has 0 fully saturated rings. The molecule has 4 rings (SSSR count). The molecule has 0 aliphatic heterocycles. The van der Waals surface area contributed by atoms with Crippen LogP contribution in [0.15, 0.2) is 50.0 Å². The Hall–Kier alpha value is -2.95. The minimum atomic E-state index is -0.508. The summed E-state index contributed by atoms with van der Waals surface area (Å²) in [6.07, 6.45) is 0. The number of para-hydroxylation sites is 1. The van der Waals surface area contributed by atoms with Crippen molar-refractivity contribution in [3.8, 4) is 11.5 Å². The molecule has 2 heterocycles. The molecule has 98 valence electrons. The molecule has 20 heavy (non-hydrogen) atoms. The van der Waals surface area contributed by atoms with Gasteiger partial charge in [-0.15, -0.1) is 0 Å². The number of fused-ring (bicyclic) bond motifs is 4. The molecule has 0 atom stereocenters. The summed E-state index contributed by atoms with van der Waals surface area (Å²) in [6, 6.07) is 9.57. The quantitative estimate of drug-likeness (QED) is 0.479. The van der Waals surface area contributed by atoms with Crippen LogP contribution in [0.25, 0.3) is 33.1 Å². The van der Waals surface area contributed by atoms with E-state index in [1.807, 2.05) is 0 Å². The van der Waals surface area contributed by atoms with Crippen molar-refractivity contribution in [2.75, 3.05) is 0 Å². The first kappa shape index (κ1) is 10.9. The highest BCUT2D eigenvalue weighted by molar-refractivity contribution is 6.05. The number of furan rings is 1. The maximum atomic E-state index is 12.4. The van der Waals surface area contributed by atoms with E-state index in [4.69, 9.17) is 8.83 Å². The van der Waals surface area contributed by atoms with E-state index in [9.17, 15) is 15.0 Å². The number of hydrogen-bond donors (Lipinski definition) is 2. The minimum absolute atomic E-state index is 0.0274. The fraction of sp³-hybridized carbons (Fsp3) is 0. The van der Waals surface area contributed by atoms with Crippen LogP contribution < -0.4 is 5.43 Å². The zero-order valence-corrected chi connectivity index (χ0v) is 10.1. The van der Waals surface area contributed by atoms with Crippen molar-refractivity contribution >= 4 is 33.1 Å². The molecule has 5 nitrogen and oxygen atoms in total. The van der Waals surface area contributed by atoms with Gasteiger partial charge in [-0.25, -0.2) is 0 Å². The second-order valence-electron chi connectivity index (χ2n) is 4.50. The molecule has 0 radical (unpaired) electrons. The van der Waals surface area contributed by atoms with Crippen molar-refractivity contribution in [3.05, 3.63) is 46.6 Å². The zero-order valence-electron chi connectivity index (χ0n) is 10.1. The van der Waals surface area contributed by atoms with Crippen LogP contribution in [0.2, 0.25) is 0 Å². The van der Waals surface area contributed by atoms with E-state index in [0.29, 0.717) is 11.0 Å². The molecule has 2 aromatic carbocycles. The third-order valence-electron chi connectivity index (χ3n) is 3.30. The maximum absolute atomic E-state index is 12.4. The van der Waals surface area contributed by atoms with E-state index in [0.717, 1.165) is 0 Å². The topological polar surface area (TPSA) is 83.8 Å².